The second-order valence-corrected chi connectivity index (χ2v) is 10.1. The molecule has 1 aliphatic carbocycles. The fraction of sp³-hybridized carbons (Fsp3) is 0.400. The lowest BCUT2D eigenvalue weighted by Gasteiger charge is -2.25. The summed E-state index contributed by atoms with van der Waals surface area (Å²) in [7, 11) is 0. The van der Waals surface area contributed by atoms with E-state index in [0.717, 1.165) is 59.1 Å². The van der Waals surface area contributed by atoms with Crippen LogP contribution in [0.25, 0.3) is 0 Å². The standard InChI is InChI=1S/C30H36O5/c1-18-8-22(28(33)25(10-18)16-31)12-20-13-24(15-23-9-19(2)11-26(17-32)29(23)34)30(35)27(14-20)21-6-4-3-5-7-21/h8-11,13-14,21,31-35H,3-7,12,15-17H2,1-2H3. The van der Waals surface area contributed by atoms with Crippen LogP contribution in [0.3, 0.4) is 0 Å². The molecule has 0 saturated heterocycles. The molecule has 4 rings (SSSR count). The summed E-state index contributed by atoms with van der Waals surface area (Å²) in [6.45, 7) is 3.39. The molecule has 5 N–H and O–H groups in total. The third-order valence-corrected chi connectivity index (χ3v) is 7.26. The highest BCUT2D eigenvalue weighted by atomic mass is 16.3. The third-order valence-electron chi connectivity index (χ3n) is 7.26. The second-order valence-electron chi connectivity index (χ2n) is 10.1. The summed E-state index contributed by atoms with van der Waals surface area (Å²) >= 11 is 0. The van der Waals surface area contributed by atoms with E-state index in [4.69, 9.17) is 0 Å². The molecule has 5 nitrogen and oxygen atoms in total. The first-order valence-corrected chi connectivity index (χ1v) is 12.5. The van der Waals surface area contributed by atoms with Gasteiger partial charge in [0.2, 0.25) is 0 Å². The van der Waals surface area contributed by atoms with Crippen molar-refractivity contribution in [3.05, 3.63) is 86.5 Å². The SMILES string of the molecule is Cc1cc(CO)c(O)c(Cc2cc(Cc3cc(C)cc(CO)c3O)c(O)c(C3CCCCC3)c2)c1. The quantitative estimate of drug-likeness (QED) is 0.304. The van der Waals surface area contributed by atoms with E-state index < -0.39 is 0 Å². The number of aliphatic hydroxyl groups is 2. The molecule has 0 unspecified atom stereocenters. The van der Waals surface area contributed by atoms with Gasteiger partial charge in [-0.1, -0.05) is 66.8 Å². The first-order chi connectivity index (χ1) is 16.8. The van der Waals surface area contributed by atoms with Crippen molar-refractivity contribution in [2.45, 2.75) is 77.9 Å². The number of aryl methyl sites for hydroxylation is 2. The molecule has 35 heavy (non-hydrogen) atoms. The van der Waals surface area contributed by atoms with E-state index in [1.165, 1.54) is 6.42 Å². The van der Waals surface area contributed by atoms with Gasteiger partial charge in [0.05, 0.1) is 13.2 Å². The molecule has 0 spiro atoms. The van der Waals surface area contributed by atoms with Gasteiger partial charge < -0.3 is 25.5 Å². The number of hydrogen-bond acceptors (Lipinski definition) is 5. The zero-order valence-corrected chi connectivity index (χ0v) is 20.6. The van der Waals surface area contributed by atoms with Crippen molar-refractivity contribution in [3.63, 3.8) is 0 Å². The number of benzene rings is 3. The maximum Gasteiger partial charge on any atom is 0.124 e. The van der Waals surface area contributed by atoms with Crippen LogP contribution in [-0.4, -0.2) is 25.5 Å². The third kappa shape index (κ3) is 5.47. The molecular weight excluding hydrogens is 440 g/mol. The van der Waals surface area contributed by atoms with Crippen molar-refractivity contribution in [2.24, 2.45) is 0 Å². The molecule has 0 atom stereocenters. The monoisotopic (exact) mass is 476 g/mol. The van der Waals surface area contributed by atoms with Gasteiger partial charge in [-0.05, 0) is 60.4 Å². The average molecular weight is 477 g/mol. The van der Waals surface area contributed by atoms with Crippen LogP contribution in [0.2, 0.25) is 0 Å². The maximum absolute atomic E-state index is 11.3. The summed E-state index contributed by atoms with van der Waals surface area (Å²) in [5.41, 5.74) is 6.91. The predicted octanol–water partition coefficient (Wildman–Crippen LogP) is 5.63. The Morgan fingerprint density at radius 3 is 1.63 bits per heavy atom. The number of phenolic OH excluding ortho intramolecular Hbond substituents is 1. The Morgan fingerprint density at radius 1 is 0.600 bits per heavy atom. The van der Waals surface area contributed by atoms with Crippen molar-refractivity contribution in [2.75, 3.05) is 0 Å². The summed E-state index contributed by atoms with van der Waals surface area (Å²) in [5, 5.41) is 52.1. The molecule has 0 aliphatic heterocycles. The molecule has 0 bridgehead atoms. The van der Waals surface area contributed by atoms with Gasteiger partial charge in [-0.2, -0.15) is 0 Å². The smallest absolute Gasteiger partial charge is 0.124 e. The van der Waals surface area contributed by atoms with Gasteiger partial charge in [0, 0.05) is 24.0 Å². The van der Waals surface area contributed by atoms with E-state index >= 15 is 0 Å². The lowest BCUT2D eigenvalue weighted by Crippen LogP contribution is -2.07. The Labute approximate surface area is 207 Å². The van der Waals surface area contributed by atoms with Crippen molar-refractivity contribution in [1.82, 2.24) is 0 Å². The van der Waals surface area contributed by atoms with Gasteiger partial charge in [-0.3, -0.25) is 0 Å². The van der Waals surface area contributed by atoms with Crippen LogP contribution in [0, 0.1) is 13.8 Å². The van der Waals surface area contributed by atoms with E-state index in [2.05, 4.69) is 6.07 Å². The predicted molar refractivity (Wildman–Crippen MR) is 137 cm³/mol. The Morgan fingerprint density at radius 2 is 1.09 bits per heavy atom. The summed E-state index contributed by atoms with van der Waals surface area (Å²) < 4.78 is 0. The summed E-state index contributed by atoms with van der Waals surface area (Å²) in [5.74, 6) is 0.721. The number of hydrogen-bond donors (Lipinski definition) is 5. The maximum atomic E-state index is 11.3. The Hall–Kier alpha value is -3.02. The topological polar surface area (TPSA) is 101 Å². The lowest BCUT2D eigenvalue weighted by atomic mass is 9.81. The number of rotatable bonds is 7. The highest BCUT2D eigenvalue weighted by Gasteiger charge is 2.23. The zero-order chi connectivity index (χ0) is 25.1. The fourth-order valence-electron chi connectivity index (χ4n) is 5.55. The van der Waals surface area contributed by atoms with Crippen LogP contribution >= 0.6 is 0 Å². The molecule has 0 aromatic heterocycles. The van der Waals surface area contributed by atoms with E-state index in [-0.39, 0.29) is 36.4 Å². The molecular formula is C30H36O5. The number of aliphatic hydroxyl groups excluding tert-OH is 2. The molecule has 1 saturated carbocycles. The van der Waals surface area contributed by atoms with E-state index in [0.29, 0.717) is 29.5 Å². The molecule has 0 radical (unpaired) electrons. The largest absolute Gasteiger partial charge is 0.507 e. The normalized spacial score (nSPS) is 14.4. The van der Waals surface area contributed by atoms with E-state index in [1.54, 1.807) is 12.1 Å². The summed E-state index contributed by atoms with van der Waals surface area (Å²) in [6.07, 6.45) is 6.36. The fourth-order valence-corrected chi connectivity index (χ4v) is 5.55. The van der Waals surface area contributed by atoms with E-state index in [1.807, 2.05) is 32.0 Å². The highest BCUT2D eigenvalue weighted by Crippen LogP contribution is 2.41. The molecule has 5 heteroatoms. The van der Waals surface area contributed by atoms with Gasteiger partial charge in [-0.25, -0.2) is 0 Å². The van der Waals surface area contributed by atoms with Crippen LogP contribution in [0.5, 0.6) is 17.2 Å². The van der Waals surface area contributed by atoms with Crippen LogP contribution in [0.1, 0.15) is 88.1 Å². The van der Waals surface area contributed by atoms with Crippen molar-refractivity contribution >= 4 is 0 Å². The minimum absolute atomic E-state index is 0.0611. The van der Waals surface area contributed by atoms with Crippen LogP contribution in [0.15, 0.2) is 36.4 Å². The van der Waals surface area contributed by atoms with Crippen molar-refractivity contribution in [1.29, 1.82) is 0 Å². The first kappa shape index (κ1) is 25.1. The van der Waals surface area contributed by atoms with Crippen molar-refractivity contribution < 1.29 is 25.5 Å². The summed E-state index contributed by atoms with van der Waals surface area (Å²) in [6, 6.07) is 11.4. The van der Waals surface area contributed by atoms with Gasteiger partial charge in [0.15, 0.2) is 0 Å². The Balaban J connectivity index is 1.79. The zero-order valence-electron chi connectivity index (χ0n) is 20.6. The number of phenols is 3. The molecule has 3 aromatic carbocycles. The van der Waals surface area contributed by atoms with Gasteiger partial charge in [0.25, 0.3) is 0 Å². The Kier molecular flexibility index (Phi) is 7.68. The minimum Gasteiger partial charge on any atom is -0.507 e. The molecule has 0 heterocycles. The van der Waals surface area contributed by atoms with Gasteiger partial charge in [0.1, 0.15) is 17.2 Å². The molecule has 3 aromatic rings. The van der Waals surface area contributed by atoms with Gasteiger partial charge >= 0.3 is 0 Å². The van der Waals surface area contributed by atoms with E-state index in [9.17, 15) is 25.5 Å². The number of aromatic hydroxyl groups is 3. The molecule has 1 fully saturated rings. The van der Waals surface area contributed by atoms with Crippen LogP contribution < -0.4 is 0 Å². The molecule has 186 valence electrons. The lowest BCUT2D eigenvalue weighted by molar-refractivity contribution is 0.274. The second kappa shape index (κ2) is 10.7. The minimum atomic E-state index is -0.250. The first-order valence-electron chi connectivity index (χ1n) is 12.5. The average Bonchev–Trinajstić information content (AvgIpc) is 2.85. The highest BCUT2D eigenvalue weighted by molar-refractivity contribution is 5.53. The van der Waals surface area contributed by atoms with Crippen LogP contribution in [0.4, 0.5) is 0 Å². The van der Waals surface area contributed by atoms with Crippen molar-refractivity contribution in [3.8, 4) is 17.2 Å². The Bertz CT molecular complexity index is 1210. The summed E-state index contributed by atoms with van der Waals surface area (Å²) in [4.78, 5) is 0. The van der Waals surface area contributed by atoms with Gasteiger partial charge in [-0.15, -0.1) is 0 Å². The molecule has 0 amide bonds. The molecule has 1 aliphatic rings. The van der Waals surface area contributed by atoms with Crippen LogP contribution in [-0.2, 0) is 26.1 Å².